The van der Waals surface area contributed by atoms with Gasteiger partial charge in [-0.1, -0.05) is 0 Å². The van der Waals surface area contributed by atoms with Crippen LogP contribution in [0.4, 0.5) is 0 Å². The number of aliphatic hydroxyl groups is 2. The minimum absolute atomic E-state index is 0.0718. The molecule has 0 fully saturated rings. The molecule has 3 aromatic carbocycles. The molecule has 0 amide bonds. The van der Waals surface area contributed by atoms with E-state index in [1.807, 2.05) is 0 Å². The number of carbonyl (C=O) groups is 4. The van der Waals surface area contributed by atoms with E-state index in [9.17, 15) is 44.7 Å². The zero-order chi connectivity index (χ0) is 31.3. The number of hydrogen-bond acceptors (Lipinski definition) is 11. The fraction of sp³-hybridized carbons (Fsp3) is 0.250. The lowest BCUT2D eigenvalue weighted by molar-refractivity contribution is -0.0651. The lowest BCUT2D eigenvalue weighted by atomic mass is 9.69. The van der Waals surface area contributed by atoms with E-state index in [0.29, 0.717) is 0 Å². The summed E-state index contributed by atoms with van der Waals surface area (Å²) in [5, 5.41) is 54.4. The lowest BCUT2D eigenvalue weighted by Crippen LogP contribution is -2.46. The summed E-state index contributed by atoms with van der Waals surface area (Å²) >= 11 is 0. The van der Waals surface area contributed by atoms with Crippen LogP contribution >= 0.6 is 0 Å². The fourth-order valence-corrected chi connectivity index (χ4v) is 6.25. The molecule has 0 saturated carbocycles. The third-order valence-electron chi connectivity index (χ3n) is 8.52. The number of ketones is 4. The highest BCUT2D eigenvalue weighted by Gasteiger charge is 2.47. The number of benzene rings is 3. The second-order valence-corrected chi connectivity index (χ2v) is 11.2. The molecule has 0 radical (unpaired) electrons. The number of rotatable bonds is 3. The normalized spacial score (nSPS) is 20.8. The average molecular weight is 587 g/mol. The second-order valence-electron chi connectivity index (χ2n) is 11.2. The Morgan fingerprint density at radius 1 is 0.721 bits per heavy atom. The van der Waals surface area contributed by atoms with Crippen molar-refractivity contribution in [1.29, 1.82) is 0 Å². The third kappa shape index (κ3) is 3.75. The zero-order valence-electron chi connectivity index (χ0n) is 23.5. The molecular weight excluding hydrogens is 560 g/mol. The Bertz CT molecular complexity index is 1890. The number of hydrogen-bond donors (Lipinski definition) is 5. The van der Waals surface area contributed by atoms with Crippen molar-refractivity contribution in [1.82, 2.24) is 0 Å². The Morgan fingerprint density at radius 2 is 1.35 bits per heavy atom. The van der Waals surface area contributed by atoms with Gasteiger partial charge in [0.1, 0.15) is 28.7 Å². The van der Waals surface area contributed by atoms with Crippen LogP contribution in [0.5, 0.6) is 28.7 Å². The highest BCUT2D eigenvalue weighted by molar-refractivity contribution is 6.34. The van der Waals surface area contributed by atoms with Crippen LogP contribution in [0.2, 0.25) is 0 Å². The van der Waals surface area contributed by atoms with Gasteiger partial charge >= 0.3 is 0 Å². The highest BCUT2D eigenvalue weighted by Crippen LogP contribution is 2.52. The van der Waals surface area contributed by atoms with Gasteiger partial charge in [-0.15, -0.1) is 0 Å². The molecule has 0 saturated heterocycles. The van der Waals surface area contributed by atoms with Gasteiger partial charge in [-0.2, -0.15) is 0 Å². The maximum atomic E-state index is 14.2. The molecule has 0 aliphatic heterocycles. The molecule has 2 unspecified atom stereocenters. The maximum Gasteiger partial charge on any atom is 0.199 e. The summed E-state index contributed by atoms with van der Waals surface area (Å²) in [5.41, 5.74) is -4.13. The van der Waals surface area contributed by atoms with Crippen molar-refractivity contribution in [2.45, 2.75) is 38.4 Å². The van der Waals surface area contributed by atoms with Gasteiger partial charge in [0, 0.05) is 69.5 Å². The average Bonchev–Trinajstić information content (AvgIpc) is 2.95. The van der Waals surface area contributed by atoms with Gasteiger partial charge in [0.2, 0.25) is 0 Å². The van der Waals surface area contributed by atoms with Gasteiger partial charge in [0.15, 0.2) is 23.1 Å². The Morgan fingerprint density at radius 3 is 2.00 bits per heavy atom. The van der Waals surface area contributed by atoms with Crippen molar-refractivity contribution < 1.29 is 54.2 Å². The van der Waals surface area contributed by atoms with Crippen molar-refractivity contribution in [3.05, 3.63) is 74.4 Å². The largest absolute Gasteiger partial charge is 0.507 e. The number of phenols is 3. The molecule has 0 aromatic heterocycles. The van der Waals surface area contributed by atoms with Gasteiger partial charge in [-0.05, 0) is 31.5 Å². The molecule has 0 heterocycles. The van der Waals surface area contributed by atoms with Crippen molar-refractivity contribution in [3.63, 3.8) is 0 Å². The van der Waals surface area contributed by atoms with Crippen LogP contribution in [0.15, 0.2) is 35.4 Å². The number of ether oxygens (including phenoxy) is 2. The van der Waals surface area contributed by atoms with Crippen LogP contribution in [-0.2, 0) is 0 Å². The molecular formula is C32H26O11. The number of methoxy groups -OCH3 is 2. The van der Waals surface area contributed by atoms with Gasteiger partial charge in [-0.25, -0.2) is 0 Å². The first-order valence-electron chi connectivity index (χ1n) is 13.3. The minimum Gasteiger partial charge on any atom is -0.507 e. The Balaban J connectivity index is 1.71. The Kier molecular flexibility index (Phi) is 6.05. The molecule has 6 rings (SSSR count). The van der Waals surface area contributed by atoms with E-state index < -0.39 is 63.2 Å². The van der Waals surface area contributed by atoms with Crippen molar-refractivity contribution in [2.75, 3.05) is 14.2 Å². The summed E-state index contributed by atoms with van der Waals surface area (Å²) < 4.78 is 10.6. The summed E-state index contributed by atoms with van der Waals surface area (Å²) in [6, 6.07) is 4.83. The first-order chi connectivity index (χ1) is 20.2. The number of aryl methyl sites for hydroxylation is 1. The lowest BCUT2D eigenvalue weighted by Gasteiger charge is -2.38. The second kappa shape index (κ2) is 9.25. The number of aliphatic hydroxyl groups excluding tert-OH is 1. The van der Waals surface area contributed by atoms with E-state index >= 15 is 0 Å². The van der Waals surface area contributed by atoms with Gasteiger partial charge < -0.3 is 35.0 Å². The summed E-state index contributed by atoms with van der Waals surface area (Å²) in [4.78, 5) is 55.8. The summed E-state index contributed by atoms with van der Waals surface area (Å²) in [7, 11) is 2.54. The standard InChI is InChI=1S/C32H26O11/c1-11-5-14-22(31(40)21-15(28(14)37)6-12(42-3)7-17(21)33)25(27(11)36)24-19(43-4)9-18(34)23-26(24)30(39)16-10-32(2,41)20(35)8-13(16)29(23)38/h5-7,9,20,33-36,41H,8,10H2,1-4H3. The predicted molar refractivity (Wildman–Crippen MR) is 150 cm³/mol. The predicted octanol–water partition coefficient (Wildman–Crippen LogP) is 3.15. The number of aromatic hydroxyl groups is 3. The van der Waals surface area contributed by atoms with E-state index in [1.165, 1.54) is 40.2 Å². The zero-order valence-corrected chi connectivity index (χ0v) is 23.5. The van der Waals surface area contributed by atoms with E-state index in [2.05, 4.69) is 0 Å². The number of phenolic OH excluding ortho intramolecular Hbond substituents is 3. The van der Waals surface area contributed by atoms with Crippen molar-refractivity contribution >= 4 is 23.1 Å². The molecule has 11 heteroatoms. The molecule has 220 valence electrons. The first-order valence-corrected chi connectivity index (χ1v) is 13.3. The molecule has 0 bridgehead atoms. The molecule has 0 spiro atoms. The van der Waals surface area contributed by atoms with E-state index in [0.717, 1.165) is 12.1 Å². The molecule has 3 aromatic rings. The SMILES string of the molecule is COc1cc(O)c2c(c1)C(=O)c1cc(C)c(O)c(-c3c(OC)cc(O)c4c3C(=O)C3=C(CC(O)C(C)(O)C3)C4=O)c1C2=O. The first kappa shape index (κ1) is 28.1. The molecule has 3 aliphatic carbocycles. The van der Waals surface area contributed by atoms with Crippen LogP contribution in [0.1, 0.15) is 77.9 Å². The van der Waals surface area contributed by atoms with Crippen LogP contribution in [0.25, 0.3) is 11.1 Å². The fourth-order valence-electron chi connectivity index (χ4n) is 6.25. The molecule has 3 aliphatic rings. The van der Waals surface area contributed by atoms with E-state index in [-0.39, 0.29) is 74.4 Å². The van der Waals surface area contributed by atoms with Crippen molar-refractivity contribution in [3.8, 4) is 39.9 Å². The van der Waals surface area contributed by atoms with Crippen LogP contribution in [-0.4, -0.2) is 74.6 Å². The number of fused-ring (bicyclic) bond motifs is 3. The quantitative estimate of drug-likeness (QED) is 0.237. The summed E-state index contributed by atoms with van der Waals surface area (Å²) in [5.74, 6) is -4.83. The van der Waals surface area contributed by atoms with E-state index in [1.54, 1.807) is 0 Å². The number of carbonyl (C=O) groups excluding carboxylic acids is 4. The van der Waals surface area contributed by atoms with Gasteiger partial charge in [0.25, 0.3) is 0 Å². The summed E-state index contributed by atoms with van der Waals surface area (Å²) in [6.45, 7) is 2.80. The monoisotopic (exact) mass is 586 g/mol. The molecule has 11 nitrogen and oxygen atoms in total. The Labute approximate surface area is 244 Å². The smallest absolute Gasteiger partial charge is 0.199 e. The van der Waals surface area contributed by atoms with E-state index in [4.69, 9.17) is 9.47 Å². The summed E-state index contributed by atoms with van der Waals surface area (Å²) in [6.07, 6.45) is -2.08. The van der Waals surface area contributed by atoms with Crippen LogP contribution in [0.3, 0.4) is 0 Å². The van der Waals surface area contributed by atoms with Crippen LogP contribution in [0, 0.1) is 6.92 Å². The van der Waals surface area contributed by atoms with Gasteiger partial charge in [0.05, 0.1) is 37.1 Å². The molecule has 43 heavy (non-hydrogen) atoms. The van der Waals surface area contributed by atoms with Crippen LogP contribution < -0.4 is 9.47 Å². The Hall–Kier alpha value is -5.00. The highest BCUT2D eigenvalue weighted by atomic mass is 16.5. The van der Waals surface area contributed by atoms with Gasteiger partial charge in [-0.3, -0.25) is 19.2 Å². The molecule has 2 atom stereocenters. The number of Topliss-reactive ketones (excluding diaryl/α,β-unsaturated/α-hetero) is 2. The third-order valence-corrected chi connectivity index (χ3v) is 8.52. The topological polar surface area (TPSA) is 188 Å². The minimum atomic E-state index is -1.75. The molecule has 5 N–H and O–H groups in total. The maximum absolute atomic E-state index is 14.2. The van der Waals surface area contributed by atoms with Crippen molar-refractivity contribution in [2.24, 2.45) is 0 Å².